The molecule has 6 nitrogen and oxygen atoms in total. The van der Waals surface area contributed by atoms with Crippen molar-refractivity contribution in [2.24, 2.45) is 0 Å². The second-order valence-electron chi connectivity index (χ2n) is 3.81. The normalized spacial score (nSPS) is 12.1. The van der Waals surface area contributed by atoms with E-state index in [-0.39, 0.29) is 16.7 Å². The number of benzene rings is 1. The van der Waals surface area contributed by atoms with E-state index < -0.39 is 10.8 Å². The molecule has 1 aromatic carbocycles. The first-order chi connectivity index (χ1) is 9.06. The third-order valence-corrected chi connectivity index (χ3v) is 4.21. The summed E-state index contributed by atoms with van der Waals surface area (Å²) in [4.78, 5) is 11.8. The third kappa shape index (κ3) is 3.83. The highest BCUT2D eigenvalue weighted by Crippen LogP contribution is 2.17. The van der Waals surface area contributed by atoms with Gasteiger partial charge in [-0.3, -0.25) is 9.00 Å². The van der Waals surface area contributed by atoms with Crippen LogP contribution in [0, 0.1) is 10.5 Å². The first-order valence-corrected chi connectivity index (χ1v) is 7.76. The van der Waals surface area contributed by atoms with Crippen molar-refractivity contribution in [3.05, 3.63) is 33.5 Å². The lowest BCUT2D eigenvalue weighted by Crippen LogP contribution is -2.20. The van der Waals surface area contributed by atoms with Crippen LogP contribution in [0.2, 0.25) is 0 Å². The van der Waals surface area contributed by atoms with Crippen molar-refractivity contribution in [2.75, 3.05) is 11.1 Å². The van der Waals surface area contributed by atoms with Crippen LogP contribution in [0.3, 0.4) is 0 Å². The number of nitrogens with zero attached hydrogens (tertiary/aromatic N) is 2. The zero-order chi connectivity index (χ0) is 13.8. The quantitative estimate of drug-likeness (QED) is 0.774. The van der Waals surface area contributed by atoms with Crippen molar-refractivity contribution in [1.82, 2.24) is 15.4 Å². The molecule has 2 rings (SSSR count). The van der Waals surface area contributed by atoms with Gasteiger partial charge < -0.3 is 5.32 Å². The first kappa shape index (κ1) is 14.1. The molecule has 0 saturated carbocycles. The minimum Gasteiger partial charge on any atom is -0.325 e. The van der Waals surface area contributed by atoms with Crippen LogP contribution in [0.25, 0.3) is 0 Å². The van der Waals surface area contributed by atoms with Gasteiger partial charge in [0, 0.05) is 9.26 Å². The van der Waals surface area contributed by atoms with E-state index in [9.17, 15) is 9.00 Å². The number of rotatable bonds is 4. The Morgan fingerprint density at radius 3 is 2.95 bits per heavy atom. The summed E-state index contributed by atoms with van der Waals surface area (Å²) in [6.07, 6.45) is 1.35. The summed E-state index contributed by atoms with van der Waals surface area (Å²) >= 11 is 2.20. The Labute approximate surface area is 126 Å². The van der Waals surface area contributed by atoms with Gasteiger partial charge in [-0.05, 0) is 53.3 Å². The molecule has 19 heavy (non-hydrogen) atoms. The van der Waals surface area contributed by atoms with Gasteiger partial charge in [0.05, 0.1) is 17.0 Å². The molecule has 1 unspecified atom stereocenters. The van der Waals surface area contributed by atoms with Gasteiger partial charge in [0.25, 0.3) is 0 Å². The number of amides is 1. The number of aromatic nitrogens is 3. The Balaban J connectivity index is 2.00. The molecule has 0 radical (unpaired) electrons. The molecule has 0 aliphatic carbocycles. The average molecular weight is 390 g/mol. The summed E-state index contributed by atoms with van der Waals surface area (Å²) in [6.45, 7) is 1.91. The number of halogens is 1. The summed E-state index contributed by atoms with van der Waals surface area (Å²) in [6, 6.07) is 5.69. The van der Waals surface area contributed by atoms with Gasteiger partial charge in [-0.15, -0.1) is 5.10 Å². The summed E-state index contributed by atoms with van der Waals surface area (Å²) in [5, 5.41) is 12.6. The minimum absolute atomic E-state index is 0.141. The predicted octanol–water partition coefficient (Wildman–Crippen LogP) is 1.46. The van der Waals surface area contributed by atoms with E-state index in [0.29, 0.717) is 0 Å². The van der Waals surface area contributed by atoms with Gasteiger partial charge in [-0.25, -0.2) is 0 Å². The molecule has 0 aliphatic rings. The van der Waals surface area contributed by atoms with Gasteiger partial charge >= 0.3 is 0 Å². The molecule has 1 heterocycles. The monoisotopic (exact) mass is 390 g/mol. The molecule has 0 bridgehead atoms. The lowest BCUT2D eigenvalue weighted by molar-refractivity contribution is -0.113. The first-order valence-electron chi connectivity index (χ1n) is 5.36. The minimum atomic E-state index is -1.49. The molecular weight excluding hydrogens is 379 g/mol. The molecule has 100 valence electrons. The topological polar surface area (TPSA) is 87.7 Å². The van der Waals surface area contributed by atoms with Gasteiger partial charge in [0.1, 0.15) is 5.75 Å². The van der Waals surface area contributed by atoms with Crippen molar-refractivity contribution >= 4 is 45.0 Å². The van der Waals surface area contributed by atoms with Crippen LogP contribution in [-0.4, -0.2) is 31.3 Å². The Hall–Kier alpha value is -1.29. The smallest absolute Gasteiger partial charge is 0.237 e. The Morgan fingerprint density at radius 1 is 1.53 bits per heavy atom. The Morgan fingerprint density at radius 2 is 2.32 bits per heavy atom. The largest absolute Gasteiger partial charge is 0.325 e. The molecular formula is C11H11IN4O2S. The van der Waals surface area contributed by atoms with E-state index in [4.69, 9.17) is 0 Å². The van der Waals surface area contributed by atoms with Crippen LogP contribution in [-0.2, 0) is 15.6 Å². The van der Waals surface area contributed by atoms with Gasteiger partial charge in [0.15, 0.2) is 5.03 Å². The zero-order valence-corrected chi connectivity index (χ0v) is 13.0. The van der Waals surface area contributed by atoms with Crippen LogP contribution < -0.4 is 5.32 Å². The van der Waals surface area contributed by atoms with Crippen molar-refractivity contribution in [3.8, 4) is 0 Å². The molecule has 0 saturated heterocycles. The number of carbonyl (C=O) groups is 1. The second kappa shape index (κ2) is 6.24. The van der Waals surface area contributed by atoms with Crippen LogP contribution >= 0.6 is 22.6 Å². The Kier molecular flexibility index (Phi) is 4.64. The summed E-state index contributed by atoms with van der Waals surface area (Å²) in [5.74, 6) is -0.455. The average Bonchev–Trinajstić information content (AvgIpc) is 2.86. The van der Waals surface area contributed by atoms with Crippen molar-refractivity contribution in [3.63, 3.8) is 0 Å². The van der Waals surface area contributed by atoms with E-state index in [2.05, 4.69) is 43.3 Å². The maximum Gasteiger partial charge on any atom is 0.237 e. The van der Waals surface area contributed by atoms with Gasteiger partial charge in [-0.2, -0.15) is 10.3 Å². The summed E-state index contributed by atoms with van der Waals surface area (Å²) < 4.78 is 12.9. The van der Waals surface area contributed by atoms with E-state index in [1.165, 1.54) is 6.20 Å². The fourth-order valence-electron chi connectivity index (χ4n) is 1.45. The van der Waals surface area contributed by atoms with Crippen molar-refractivity contribution in [1.29, 1.82) is 0 Å². The highest BCUT2D eigenvalue weighted by molar-refractivity contribution is 14.1. The number of carbonyl (C=O) groups excluding carboxylic acids is 1. The fraction of sp³-hybridized carbons (Fsp3) is 0.182. The van der Waals surface area contributed by atoms with Crippen molar-refractivity contribution in [2.45, 2.75) is 11.9 Å². The number of aryl methyl sites for hydroxylation is 1. The molecule has 2 aromatic rings. The molecule has 8 heteroatoms. The fourth-order valence-corrected chi connectivity index (χ4v) is 2.87. The van der Waals surface area contributed by atoms with Gasteiger partial charge in [-0.1, -0.05) is 0 Å². The number of H-pyrrole nitrogens is 1. The summed E-state index contributed by atoms with van der Waals surface area (Å²) in [7, 11) is -1.49. The molecule has 1 atom stereocenters. The predicted molar refractivity (Wildman–Crippen MR) is 80.2 cm³/mol. The number of hydrogen-bond donors (Lipinski definition) is 2. The third-order valence-electron chi connectivity index (χ3n) is 2.35. The molecule has 0 spiro atoms. The van der Waals surface area contributed by atoms with E-state index in [1.807, 2.05) is 25.1 Å². The van der Waals surface area contributed by atoms with Crippen molar-refractivity contribution < 1.29 is 9.00 Å². The van der Waals surface area contributed by atoms with Gasteiger partial charge in [0.2, 0.25) is 5.91 Å². The van der Waals surface area contributed by atoms with E-state index in [1.54, 1.807) is 0 Å². The number of nitrogens with one attached hydrogen (secondary N) is 2. The zero-order valence-electron chi connectivity index (χ0n) is 10.0. The van der Waals surface area contributed by atoms with E-state index >= 15 is 0 Å². The van der Waals surface area contributed by atoms with Crippen LogP contribution in [0.1, 0.15) is 5.56 Å². The second-order valence-corrected chi connectivity index (χ2v) is 6.45. The molecule has 0 aliphatic heterocycles. The molecule has 2 N–H and O–H groups in total. The molecule has 0 fully saturated rings. The maximum atomic E-state index is 11.8. The number of anilines is 1. The SMILES string of the molecule is Cc1cc(I)ccc1NC(=O)CS(=O)c1cn[nH]n1. The lowest BCUT2D eigenvalue weighted by atomic mass is 10.2. The highest BCUT2D eigenvalue weighted by atomic mass is 127. The maximum absolute atomic E-state index is 11.8. The molecule has 1 amide bonds. The number of aromatic amines is 1. The van der Waals surface area contributed by atoms with Crippen LogP contribution in [0.5, 0.6) is 0 Å². The lowest BCUT2D eigenvalue weighted by Gasteiger charge is -2.08. The van der Waals surface area contributed by atoms with Crippen LogP contribution in [0.15, 0.2) is 29.4 Å². The molecule has 1 aromatic heterocycles. The summed E-state index contributed by atoms with van der Waals surface area (Å²) in [5.41, 5.74) is 1.69. The number of hydrogen-bond acceptors (Lipinski definition) is 4. The highest BCUT2D eigenvalue weighted by Gasteiger charge is 2.13. The standard InChI is InChI=1S/C11H11IN4O2S/c1-7-4-8(12)2-3-9(7)14-10(17)6-19(18)11-5-13-16-15-11/h2-5H,6H2,1H3,(H,14,17)(H,13,15,16). The van der Waals surface area contributed by atoms with Crippen LogP contribution in [0.4, 0.5) is 5.69 Å². The van der Waals surface area contributed by atoms with E-state index in [0.717, 1.165) is 14.8 Å². The Bertz CT molecular complexity index is 615.